The average molecular weight is 301 g/mol. The highest BCUT2D eigenvalue weighted by Gasteiger charge is 2.10. The lowest BCUT2D eigenvalue weighted by Crippen LogP contribution is -2.31. The van der Waals surface area contributed by atoms with Gasteiger partial charge in [-0.05, 0) is 28.5 Å². The molecule has 0 saturated carbocycles. The van der Waals surface area contributed by atoms with Crippen LogP contribution in [0.5, 0.6) is 0 Å². The van der Waals surface area contributed by atoms with E-state index in [1.54, 1.807) is 6.07 Å². The third kappa shape index (κ3) is 2.25. The maximum atomic E-state index is 12.4. The van der Waals surface area contributed by atoms with Crippen molar-refractivity contribution in [2.24, 2.45) is 0 Å². The lowest BCUT2D eigenvalue weighted by atomic mass is 10.0. The molecule has 4 nitrogen and oxygen atoms in total. The van der Waals surface area contributed by atoms with Gasteiger partial charge in [-0.1, -0.05) is 54.6 Å². The predicted molar refractivity (Wildman–Crippen MR) is 92.9 cm³/mol. The average Bonchev–Trinajstić information content (AvgIpc) is 2.60. The van der Waals surface area contributed by atoms with E-state index in [0.717, 1.165) is 21.0 Å². The summed E-state index contributed by atoms with van der Waals surface area (Å²) in [5.74, 6) is 6.54. The number of hydrogen-bond donors (Lipinski definition) is 1. The summed E-state index contributed by atoms with van der Waals surface area (Å²) in [5, 5.41) is 2.85. The van der Waals surface area contributed by atoms with E-state index in [1.165, 1.54) is 0 Å². The number of benzene rings is 3. The van der Waals surface area contributed by atoms with Gasteiger partial charge in [0.15, 0.2) is 0 Å². The summed E-state index contributed by atoms with van der Waals surface area (Å²) in [6, 6.07) is 21.6. The molecule has 0 fully saturated rings. The maximum Gasteiger partial charge on any atom is 0.279 e. The van der Waals surface area contributed by atoms with E-state index in [1.807, 2.05) is 42.5 Å². The molecule has 0 spiro atoms. The second kappa shape index (κ2) is 5.25. The Labute approximate surface area is 132 Å². The van der Waals surface area contributed by atoms with Crippen LogP contribution in [0.2, 0.25) is 0 Å². The van der Waals surface area contributed by atoms with E-state index in [2.05, 4.69) is 23.2 Å². The van der Waals surface area contributed by atoms with Gasteiger partial charge in [0, 0.05) is 6.42 Å². The van der Waals surface area contributed by atoms with Crippen molar-refractivity contribution < 1.29 is 0 Å². The van der Waals surface area contributed by atoms with Crippen molar-refractivity contribution in [2.45, 2.75) is 6.42 Å². The van der Waals surface area contributed by atoms with Gasteiger partial charge in [0.1, 0.15) is 5.82 Å². The Kier molecular flexibility index (Phi) is 3.08. The second-order valence-corrected chi connectivity index (χ2v) is 5.54. The first-order chi connectivity index (χ1) is 11.2. The molecule has 112 valence electrons. The molecule has 3 aromatic carbocycles. The van der Waals surface area contributed by atoms with Gasteiger partial charge in [-0.2, -0.15) is 0 Å². The first kappa shape index (κ1) is 13.5. The summed E-state index contributed by atoms with van der Waals surface area (Å²) < 4.78 is 1.16. The molecule has 4 heteroatoms. The van der Waals surface area contributed by atoms with Crippen LogP contribution in [0.15, 0.2) is 71.5 Å². The van der Waals surface area contributed by atoms with Crippen LogP contribution in [0.4, 0.5) is 0 Å². The Morgan fingerprint density at radius 3 is 2.43 bits per heavy atom. The molecule has 0 amide bonds. The number of nitrogens with two attached hydrogens (primary N) is 1. The third-order valence-corrected chi connectivity index (χ3v) is 4.11. The molecule has 0 aliphatic heterocycles. The van der Waals surface area contributed by atoms with E-state index < -0.39 is 0 Å². The van der Waals surface area contributed by atoms with Crippen LogP contribution in [0.3, 0.4) is 0 Å². The SMILES string of the molecule is Nn1c(Cc2cccc3ccccc23)nc2ccccc2c1=O. The minimum Gasteiger partial charge on any atom is -0.335 e. The highest BCUT2D eigenvalue weighted by molar-refractivity contribution is 5.86. The number of aromatic nitrogens is 2. The van der Waals surface area contributed by atoms with Crippen molar-refractivity contribution in [3.63, 3.8) is 0 Å². The normalized spacial score (nSPS) is 11.1. The fraction of sp³-hybridized carbons (Fsp3) is 0.0526. The maximum absolute atomic E-state index is 12.4. The summed E-state index contributed by atoms with van der Waals surface area (Å²) in [6.45, 7) is 0. The number of para-hydroxylation sites is 1. The van der Waals surface area contributed by atoms with Crippen LogP contribution in [0.1, 0.15) is 11.4 Å². The highest BCUT2D eigenvalue weighted by atomic mass is 16.1. The van der Waals surface area contributed by atoms with Crippen molar-refractivity contribution in [2.75, 3.05) is 5.84 Å². The van der Waals surface area contributed by atoms with E-state index in [0.29, 0.717) is 23.1 Å². The summed E-state index contributed by atoms with van der Waals surface area (Å²) >= 11 is 0. The topological polar surface area (TPSA) is 60.9 Å². The zero-order valence-corrected chi connectivity index (χ0v) is 12.4. The Bertz CT molecular complexity index is 1080. The van der Waals surface area contributed by atoms with Crippen LogP contribution in [0, 0.1) is 0 Å². The predicted octanol–water partition coefficient (Wildman–Crippen LogP) is 2.85. The van der Waals surface area contributed by atoms with Gasteiger partial charge in [0.2, 0.25) is 0 Å². The number of nitrogens with zero attached hydrogens (tertiary/aromatic N) is 2. The molecule has 0 atom stereocenters. The fourth-order valence-corrected chi connectivity index (χ4v) is 2.93. The first-order valence-corrected chi connectivity index (χ1v) is 7.46. The molecule has 0 saturated heterocycles. The minimum absolute atomic E-state index is 0.217. The van der Waals surface area contributed by atoms with Crippen LogP contribution in [0.25, 0.3) is 21.7 Å². The quantitative estimate of drug-likeness (QED) is 0.579. The summed E-state index contributed by atoms with van der Waals surface area (Å²) in [5.41, 5.74) is 1.56. The molecule has 0 radical (unpaired) electrons. The Hall–Kier alpha value is -3.14. The van der Waals surface area contributed by atoms with Gasteiger partial charge >= 0.3 is 0 Å². The molecular formula is C19H15N3O. The van der Waals surface area contributed by atoms with E-state index in [4.69, 9.17) is 5.84 Å². The summed E-state index contributed by atoms with van der Waals surface area (Å²) in [4.78, 5) is 17.0. The van der Waals surface area contributed by atoms with Crippen LogP contribution in [-0.2, 0) is 6.42 Å². The number of rotatable bonds is 2. The van der Waals surface area contributed by atoms with Gasteiger partial charge in [-0.25, -0.2) is 9.66 Å². The molecule has 2 N–H and O–H groups in total. The van der Waals surface area contributed by atoms with Gasteiger partial charge in [-0.15, -0.1) is 0 Å². The van der Waals surface area contributed by atoms with Gasteiger partial charge < -0.3 is 5.84 Å². The van der Waals surface area contributed by atoms with Crippen LogP contribution < -0.4 is 11.4 Å². The Balaban J connectivity index is 1.90. The van der Waals surface area contributed by atoms with Gasteiger partial charge in [0.25, 0.3) is 5.56 Å². The molecule has 1 heterocycles. The van der Waals surface area contributed by atoms with Crippen molar-refractivity contribution in [1.29, 1.82) is 0 Å². The van der Waals surface area contributed by atoms with Gasteiger partial charge in [0.05, 0.1) is 10.9 Å². The molecule has 4 rings (SSSR count). The zero-order chi connectivity index (χ0) is 15.8. The lowest BCUT2D eigenvalue weighted by Gasteiger charge is -2.10. The smallest absolute Gasteiger partial charge is 0.279 e. The van der Waals surface area contributed by atoms with Crippen LogP contribution in [-0.4, -0.2) is 9.66 Å². The molecule has 0 bridgehead atoms. The number of nitrogen functional groups attached to an aromatic ring is 1. The summed E-state index contributed by atoms with van der Waals surface area (Å²) in [6.07, 6.45) is 0.512. The molecule has 4 aromatic rings. The van der Waals surface area contributed by atoms with Crippen molar-refractivity contribution in [3.05, 3.63) is 88.5 Å². The number of hydrogen-bond acceptors (Lipinski definition) is 3. The monoisotopic (exact) mass is 301 g/mol. The third-order valence-electron chi connectivity index (χ3n) is 4.11. The minimum atomic E-state index is -0.217. The first-order valence-electron chi connectivity index (χ1n) is 7.46. The molecule has 0 aliphatic rings. The Morgan fingerprint density at radius 2 is 1.57 bits per heavy atom. The van der Waals surface area contributed by atoms with Crippen molar-refractivity contribution >= 4 is 21.7 Å². The van der Waals surface area contributed by atoms with E-state index in [-0.39, 0.29) is 5.56 Å². The summed E-state index contributed by atoms with van der Waals surface area (Å²) in [7, 11) is 0. The van der Waals surface area contributed by atoms with Crippen molar-refractivity contribution in [3.8, 4) is 0 Å². The highest BCUT2D eigenvalue weighted by Crippen LogP contribution is 2.20. The van der Waals surface area contributed by atoms with E-state index >= 15 is 0 Å². The fourth-order valence-electron chi connectivity index (χ4n) is 2.93. The standard InChI is InChI=1S/C19H15N3O/c20-22-18(21-17-11-4-3-10-16(17)19(22)23)12-14-8-5-7-13-6-1-2-9-15(13)14/h1-11H,12,20H2. The van der Waals surface area contributed by atoms with Crippen LogP contribution >= 0.6 is 0 Å². The second-order valence-electron chi connectivity index (χ2n) is 5.54. The molecule has 0 aliphatic carbocycles. The number of fused-ring (bicyclic) bond motifs is 2. The molecule has 1 aromatic heterocycles. The molecule has 0 unspecified atom stereocenters. The van der Waals surface area contributed by atoms with Crippen molar-refractivity contribution in [1.82, 2.24) is 9.66 Å². The van der Waals surface area contributed by atoms with E-state index in [9.17, 15) is 4.79 Å². The zero-order valence-electron chi connectivity index (χ0n) is 12.4. The van der Waals surface area contributed by atoms with Gasteiger partial charge in [-0.3, -0.25) is 4.79 Å². The lowest BCUT2D eigenvalue weighted by molar-refractivity contribution is 0.816. The Morgan fingerprint density at radius 1 is 0.870 bits per heavy atom. The molecular weight excluding hydrogens is 286 g/mol. The molecule has 23 heavy (non-hydrogen) atoms. The largest absolute Gasteiger partial charge is 0.335 e.